The lowest BCUT2D eigenvalue weighted by Crippen LogP contribution is -2.18. The second-order valence-corrected chi connectivity index (χ2v) is 3.49. The maximum absolute atomic E-state index is 11.4. The van der Waals surface area contributed by atoms with Crippen LogP contribution in [0.4, 0.5) is 5.69 Å². The summed E-state index contributed by atoms with van der Waals surface area (Å²) in [4.78, 5) is 22.7. The summed E-state index contributed by atoms with van der Waals surface area (Å²) in [6.07, 6.45) is -0.205. The van der Waals surface area contributed by atoms with E-state index in [0.29, 0.717) is 11.3 Å². The van der Waals surface area contributed by atoms with Crippen LogP contribution in [0.2, 0.25) is 0 Å². The Hall–Kier alpha value is -2.35. The number of amides is 2. The van der Waals surface area contributed by atoms with E-state index < -0.39 is 0 Å². The summed E-state index contributed by atoms with van der Waals surface area (Å²) in [5.41, 5.74) is 1.85. The Kier molecular flexibility index (Phi) is 4.23. The van der Waals surface area contributed by atoms with Gasteiger partial charge in [0.1, 0.15) is 6.42 Å². The lowest BCUT2D eigenvalue weighted by Gasteiger charge is -2.08. The molecule has 5 heteroatoms. The van der Waals surface area contributed by atoms with Crippen LogP contribution in [0.3, 0.4) is 0 Å². The van der Waals surface area contributed by atoms with Gasteiger partial charge in [-0.25, -0.2) is 0 Å². The Morgan fingerprint density at radius 1 is 1.41 bits per heavy atom. The molecule has 88 valence electrons. The number of anilines is 1. The molecule has 0 aliphatic rings. The molecule has 1 aromatic carbocycles. The van der Waals surface area contributed by atoms with Crippen LogP contribution < -0.4 is 10.6 Å². The van der Waals surface area contributed by atoms with Gasteiger partial charge in [0, 0.05) is 18.3 Å². The fraction of sp³-hybridized carbons (Fsp3) is 0.250. The molecule has 0 aliphatic heterocycles. The molecule has 0 atom stereocenters. The number of nitrogens with zero attached hydrogens (tertiary/aromatic N) is 1. The second-order valence-electron chi connectivity index (χ2n) is 3.49. The normalized spacial score (nSPS) is 9.24. The van der Waals surface area contributed by atoms with Gasteiger partial charge in [0.15, 0.2) is 0 Å². The number of nitriles is 1. The van der Waals surface area contributed by atoms with Gasteiger partial charge in [-0.15, -0.1) is 0 Å². The van der Waals surface area contributed by atoms with Crippen LogP contribution in [0.25, 0.3) is 0 Å². The van der Waals surface area contributed by atoms with E-state index >= 15 is 0 Å². The number of hydrogen-bond donors (Lipinski definition) is 2. The van der Waals surface area contributed by atoms with E-state index in [0.717, 1.165) is 5.56 Å². The second kappa shape index (κ2) is 5.66. The zero-order valence-corrected chi connectivity index (χ0v) is 9.70. The Morgan fingerprint density at radius 3 is 2.71 bits per heavy atom. The van der Waals surface area contributed by atoms with Crippen molar-refractivity contribution in [2.75, 3.05) is 12.4 Å². The summed E-state index contributed by atoms with van der Waals surface area (Å²) in [6, 6.07) is 6.77. The number of nitrogens with one attached hydrogen (secondary N) is 2. The molecule has 0 fully saturated rings. The average Bonchev–Trinajstić information content (AvgIpc) is 2.31. The molecule has 1 aromatic rings. The molecule has 0 unspecified atom stereocenters. The van der Waals surface area contributed by atoms with Crippen LogP contribution >= 0.6 is 0 Å². The van der Waals surface area contributed by atoms with Crippen LogP contribution in [-0.2, 0) is 4.79 Å². The van der Waals surface area contributed by atoms with Crippen molar-refractivity contribution in [1.82, 2.24) is 5.32 Å². The SMILES string of the molecule is CNC(=O)c1ccc(C)c(NC(=O)CC#N)c1. The van der Waals surface area contributed by atoms with Gasteiger partial charge in [-0.2, -0.15) is 5.26 Å². The average molecular weight is 231 g/mol. The van der Waals surface area contributed by atoms with E-state index in [1.54, 1.807) is 24.3 Å². The van der Waals surface area contributed by atoms with E-state index in [1.165, 1.54) is 7.05 Å². The minimum atomic E-state index is -0.385. The minimum Gasteiger partial charge on any atom is -0.355 e. The Morgan fingerprint density at radius 2 is 2.12 bits per heavy atom. The first-order valence-corrected chi connectivity index (χ1v) is 5.08. The number of carbonyl (C=O) groups is 2. The van der Waals surface area contributed by atoms with Crippen LogP contribution in [0, 0.1) is 18.3 Å². The Bertz CT molecular complexity index is 489. The zero-order chi connectivity index (χ0) is 12.8. The molecule has 2 N–H and O–H groups in total. The molecule has 0 saturated heterocycles. The van der Waals surface area contributed by atoms with Gasteiger partial charge in [0.25, 0.3) is 5.91 Å². The summed E-state index contributed by atoms with van der Waals surface area (Å²) in [5.74, 6) is -0.606. The highest BCUT2D eigenvalue weighted by atomic mass is 16.2. The third-order valence-electron chi connectivity index (χ3n) is 2.24. The number of hydrogen-bond acceptors (Lipinski definition) is 3. The quantitative estimate of drug-likeness (QED) is 0.820. The van der Waals surface area contributed by atoms with E-state index in [1.807, 2.05) is 6.92 Å². The number of rotatable bonds is 3. The van der Waals surface area contributed by atoms with Gasteiger partial charge in [-0.05, 0) is 24.6 Å². The minimum absolute atomic E-state index is 0.205. The molecular weight excluding hydrogens is 218 g/mol. The molecule has 0 saturated carbocycles. The monoisotopic (exact) mass is 231 g/mol. The van der Waals surface area contributed by atoms with Crippen LogP contribution in [0.15, 0.2) is 18.2 Å². The van der Waals surface area contributed by atoms with Gasteiger partial charge in [0.05, 0.1) is 6.07 Å². The topological polar surface area (TPSA) is 82.0 Å². The third kappa shape index (κ3) is 3.31. The molecule has 2 amide bonds. The molecule has 0 spiro atoms. The van der Waals surface area contributed by atoms with Crippen molar-refractivity contribution in [2.24, 2.45) is 0 Å². The fourth-order valence-corrected chi connectivity index (χ4v) is 1.31. The van der Waals surface area contributed by atoms with Crippen molar-refractivity contribution in [3.8, 4) is 6.07 Å². The summed E-state index contributed by atoms with van der Waals surface area (Å²) in [6.45, 7) is 1.82. The van der Waals surface area contributed by atoms with Gasteiger partial charge in [0.2, 0.25) is 5.91 Å². The lowest BCUT2D eigenvalue weighted by atomic mass is 10.1. The van der Waals surface area contributed by atoms with Crippen molar-refractivity contribution in [3.05, 3.63) is 29.3 Å². The first-order valence-electron chi connectivity index (χ1n) is 5.08. The maximum Gasteiger partial charge on any atom is 0.251 e. The van der Waals surface area contributed by atoms with Gasteiger partial charge < -0.3 is 10.6 Å². The van der Waals surface area contributed by atoms with E-state index in [9.17, 15) is 9.59 Å². The lowest BCUT2D eigenvalue weighted by molar-refractivity contribution is -0.115. The highest BCUT2D eigenvalue weighted by Gasteiger charge is 2.08. The van der Waals surface area contributed by atoms with Crippen LogP contribution in [0.5, 0.6) is 0 Å². The molecule has 1 rings (SSSR count). The first kappa shape index (κ1) is 12.7. The zero-order valence-electron chi connectivity index (χ0n) is 9.70. The number of aryl methyl sites for hydroxylation is 1. The molecule has 5 nitrogen and oxygen atoms in total. The van der Waals surface area contributed by atoms with E-state index in [2.05, 4.69) is 10.6 Å². The summed E-state index contributed by atoms with van der Waals surface area (Å²) >= 11 is 0. The highest BCUT2D eigenvalue weighted by molar-refractivity contribution is 5.98. The predicted molar refractivity (Wildman–Crippen MR) is 63.4 cm³/mol. The van der Waals surface area contributed by atoms with Crippen molar-refractivity contribution in [3.63, 3.8) is 0 Å². The maximum atomic E-state index is 11.4. The molecule has 0 aliphatic carbocycles. The smallest absolute Gasteiger partial charge is 0.251 e. The van der Waals surface area contributed by atoms with Crippen LogP contribution in [-0.4, -0.2) is 18.9 Å². The molecule has 0 aromatic heterocycles. The summed E-state index contributed by atoms with van der Waals surface area (Å²) < 4.78 is 0. The van der Waals surface area contributed by atoms with Gasteiger partial charge in [-0.1, -0.05) is 6.07 Å². The van der Waals surface area contributed by atoms with E-state index in [-0.39, 0.29) is 18.2 Å². The van der Waals surface area contributed by atoms with Crippen molar-refractivity contribution >= 4 is 17.5 Å². The van der Waals surface area contributed by atoms with Gasteiger partial charge >= 0.3 is 0 Å². The van der Waals surface area contributed by atoms with Crippen molar-refractivity contribution < 1.29 is 9.59 Å². The molecule has 0 bridgehead atoms. The van der Waals surface area contributed by atoms with Gasteiger partial charge in [-0.3, -0.25) is 9.59 Å². The Balaban J connectivity index is 2.95. The highest BCUT2D eigenvalue weighted by Crippen LogP contribution is 2.17. The van der Waals surface area contributed by atoms with Crippen molar-refractivity contribution in [1.29, 1.82) is 5.26 Å². The predicted octanol–water partition coefficient (Wildman–Crippen LogP) is 1.21. The van der Waals surface area contributed by atoms with Crippen molar-refractivity contribution in [2.45, 2.75) is 13.3 Å². The molecule has 0 heterocycles. The third-order valence-corrected chi connectivity index (χ3v) is 2.24. The summed E-state index contributed by atoms with van der Waals surface area (Å²) in [7, 11) is 1.54. The fourth-order valence-electron chi connectivity index (χ4n) is 1.31. The van der Waals surface area contributed by atoms with E-state index in [4.69, 9.17) is 5.26 Å². The van der Waals surface area contributed by atoms with Crippen LogP contribution in [0.1, 0.15) is 22.3 Å². The standard InChI is InChI=1S/C12H13N3O2/c1-8-3-4-9(12(17)14-2)7-10(8)15-11(16)5-6-13/h3-4,7H,5H2,1-2H3,(H,14,17)(H,15,16). The molecular formula is C12H13N3O2. The number of carbonyl (C=O) groups excluding carboxylic acids is 2. The molecule has 0 radical (unpaired) electrons. The Labute approximate surface area is 99.4 Å². The number of benzene rings is 1. The molecule has 17 heavy (non-hydrogen) atoms. The largest absolute Gasteiger partial charge is 0.355 e. The summed E-state index contributed by atoms with van der Waals surface area (Å²) in [5, 5.41) is 13.5. The first-order chi connectivity index (χ1) is 8.08.